The smallest absolute Gasteiger partial charge is 0.293 e. The zero-order chi connectivity index (χ0) is 44.3. The van der Waals surface area contributed by atoms with E-state index in [0.717, 1.165) is 73.6 Å². The van der Waals surface area contributed by atoms with E-state index in [2.05, 4.69) is 64.4 Å². The molecule has 1 atom stereocenters. The van der Waals surface area contributed by atoms with E-state index in [4.69, 9.17) is 11.6 Å². The van der Waals surface area contributed by atoms with E-state index in [1.807, 2.05) is 91.0 Å². The van der Waals surface area contributed by atoms with Crippen LogP contribution in [0, 0.1) is 10.1 Å². The maximum Gasteiger partial charge on any atom is 0.293 e. The van der Waals surface area contributed by atoms with Crippen LogP contribution in [0.15, 0.2) is 156 Å². The van der Waals surface area contributed by atoms with Gasteiger partial charge in [-0.3, -0.25) is 24.7 Å². The Hall–Kier alpha value is -6.10. The molecule has 7 aromatic rings. The molecule has 2 aromatic heterocycles. The molecule has 64 heavy (non-hydrogen) atoms. The Morgan fingerprint density at radius 3 is 2.36 bits per heavy atom. The lowest BCUT2D eigenvalue weighted by Gasteiger charge is -2.36. The van der Waals surface area contributed by atoms with E-state index in [1.165, 1.54) is 29.6 Å². The molecule has 0 unspecified atom stereocenters. The SMILES string of the molecule is O=[N+]([O-])c1cc(S(=O)(=O)Nc2ncnc3cc(N4CCN(Cc5cc(Cl)ccc5-c5ccccc5)CC4)ccc23)ccc1N[C@H](CCNCCc1ccccn1)CSc1ccccc1. The van der Waals surface area contributed by atoms with E-state index in [0.29, 0.717) is 34.6 Å². The number of nitrogens with one attached hydrogen (secondary N) is 3. The van der Waals surface area contributed by atoms with E-state index >= 15 is 0 Å². The van der Waals surface area contributed by atoms with Gasteiger partial charge in [0.25, 0.3) is 15.7 Å². The van der Waals surface area contributed by atoms with Gasteiger partial charge in [-0.25, -0.2) is 18.4 Å². The molecule has 3 N–H and O–H groups in total. The Kier molecular flexibility index (Phi) is 14.6. The standard InChI is InChI=1S/C48H48ClN9O4S2/c49-37-14-17-43(35-9-3-1-4-10-35)36(29-37)32-56-25-27-57(28-26-56)40-15-18-44-46(30-40)52-34-53-48(44)55-64(61,62)42-16-19-45(47(31-42)58(59)60)54-39(33-63-41-12-5-2-6-13-41)21-24-50-23-20-38-11-7-8-22-51-38/h1-19,22,29-31,34,39,50,54H,20-21,23-28,32-33H2,(H,52,53,55)/t39-/m1/s1. The van der Waals surface area contributed by atoms with Crippen molar-refractivity contribution < 1.29 is 13.3 Å². The first-order valence-corrected chi connectivity index (χ1v) is 24.0. The zero-order valence-corrected chi connectivity index (χ0v) is 37.4. The first-order chi connectivity index (χ1) is 31.2. The number of nitrogens with zero attached hydrogens (tertiary/aromatic N) is 6. The minimum absolute atomic E-state index is 0.0792. The number of sulfonamides is 1. The van der Waals surface area contributed by atoms with E-state index in [1.54, 1.807) is 18.0 Å². The van der Waals surface area contributed by atoms with Crippen LogP contribution in [0.4, 0.5) is 22.9 Å². The number of nitro groups is 1. The number of anilines is 3. The fourth-order valence-corrected chi connectivity index (χ4v) is 9.99. The van der Waals surface area contributed by atoms with Crippen molar-refractivity contribution >= 4 is 67.2 Å². The minimum Gasteiger partial charge on any atom is -0.376 e. The molecule has 1 fully saturated rings. The third-order valence-electron chi connectivity index (χ3n) is 11.1. The average molecular weight is 915 g/mol. The van der Waals surface area contributed by atoms with Gasteiger partial charge in [-0.05, 0) is 96.4 Å². The van der Waals surface area contributed by atoms with Crippen molar-refractivity contribution in [3.05, 3.63) is 172 Å². The summed E-state index contributed by atoms with van der Waals surface area (Å²) in [5, 5.41) is 20.5. The molecule has 0 spiro atoms. The van der Waals surface area contributed by atoms with Crippen LogP contribution in [-0.4, -0.2) is 84.3 Å². The summed E-state index contributed by atoms with van der Waals surface area (Å²) in [6.07, 6.45) is 4.53. The van der Waals surface area contributed by atoms with Crippen molar-refractivity contribution in [1.82, 2.24) is 25.2 Å². The van der Waals surface area contributed by atoms with Crippen molar-refractivity contribution in [3.8, 4) is 11.1 Å². The number of halogens is 1. The van der Waals surface area contributed by atoms with E-state index in [-0.39, 0.29) is 28.1 Å². The highest BCUT2D eigenvalue weighted by molar-refractivity contribution is 7.99. The Bertz CT molecular complexity index is 2780. The van der Waals surface area contributed by atoms with Crippen molar-refractivity contribution in [2.75, 3.05) is 60.0 Å². The summed E-state index contributed by atoms with van der Waals surface area (Å²) in [7, 11) is -4.30. The van der Waals surface area contributed by atoms with Crippen molar-refractivity contribution in [3.63, 3.8) is 0 Å². The maximum absolute atomic E-state index is 13.9. The lowest BCUT2D eigenvalue weighted by Crippen LogP contribution is -2.46. The summed E-state index contributed by atoms with van der Waals surface area (Å²) in [5.74, 6) is 0.707. The van der Waals surface area contributed by atoms with Crippen molar-refractivity contribution in [1.29, 1.82) is 0 Å². The van der Waals surface area contributed by atoms with Crippen LogP contribution >= 0.6 is 23.4 Å². The lowest BCUT2D eigenvalue weighted by atomic mass is 9.99. The summed E-state index contributed by atoms with van der Waals surface area (Å²) < 4.78 is 30.3. The van der Waals surface area contributed by atoms with Crippen LogP contribution in [0.5, 0.6) is 0 Å². The van der Waals surface area contributed by atoms with E-state index < -0.39 is 14.9 Å². The first-order valence-electron chi connectivity index (χ1n) is 21.1. The summed E-state index contributed by atoms with van der Waals surface area (Å²) in [6.45, 7) is 5.43. The Labute approximate surface area is 382 Å². The topological polar surface area (TPSA) is 159 Å². The van der Waals surface area contributed by atoms with Gasteiger partial charge < -0.3 is 15.5 Å². The normalized spacial score (nSPS) is 13.7. The molecule has 1 aliphatic heterocycles. The number of nitro benzene ring substituents is 1. The van der Waals surface area contributed by atoms with Crippen LogP contribution in [0.25, 0.3) is 22.0 Å². The molecule has 13 nitrogen and oxygen atoms in total. The Morgan fingerprint density at radius 2 is 1.59 bits per heavy atom. The predicted molar refractivity (Wildman–Crippen MR) is 258 cm³/mol. The van der Waals surface area contributed by atoms with Crippen molar-refractivity contribution in [2.45, 2.75) is 35.2 Å². The molecule has 1 saturated heterocycles. The van der Waals surface area contributed by atoms with Gasteiger partial charge in [0.1, 0.15) is 12.0 Å². The molecular weight excluding hydrogens is 866 g/mol. The number of aromatic nitrogens is 3. The van der Waals surface area contributed by atoms with Crippen LogP contribution in [0.2, 0.25) is 5.02 Å². The second-order valence-electron chi connectivity index (χ2n) is 15.5. The van der Waals surface area contributed by atoms with Gasteiger partial charge in [0.05, 0.1) is 15.3 Å². The molecule has 0 bridgehead atoms. The second-order valence-corrected chi connectivity index (χ2v) is 18.7. The fourth-order valence-electron chi connectivity index (χ4n) is 7.75. The number of hydrogen-bond acceptors (Lipinski definition) is 12. The number of pyridine rings is 1. The number of thioether (sulfide) groups is 1. The number of hydrogen-bond donors (Lipinski definition) is 3. The summed E-state index contributed by atoms with van der Waals surface area (Å²) in [6, 6.07) is 41.6. The van der Waals surface area contributed by atoms with Gasteiger partial charge in [-0.15, -0.1) is 11.8 Å². The molecule has 0 aliphatic carbocycles. The molecule has 16 heteroatoms. The fraction of sp³-hybridized carbons (Fsp3) is 0.229. The van der Waals surface area contributed by atoms with Crippen LogP contribution in [0.1, 0.15) is 17.7 Å². The molecule has 0 saturated carbocycles. The maximum atomic E-state index is 13.9. The third-order valence-corrected chi connectivity index (χ3v) is 13.9. The molecule has 328 valence electrons. The molecule has 1 aliphatic rings. The average Bonchev–Trinajstić information content (AvgIpc) is 3.31. The van der Waals surface area contributed by atoms with Gasteiger partial charge in [-0.2, -0.15) is 0 Å². The zero-order valence-electron chi connectivity index (χ0n) is 35.0. The quantitative estimate of drug-likeness (QED) is 0.0306. The molecule has 8 rings (SSSR count). The molecule has 5 aromatic carbocycles. The number of rotatable bonds is 19. The lowest BCUT2D eigenvalue weighted by molar-refractivity contribution is -0.384. The predicted octanol–water partition coefficient (Wildman–Crippen LogP) is 9.17. The van der Waals surface area contributed by atoms with Crippen LogP contribution in [-0.2, 0) is 23.0 Å². The Morgan fingerprint density at radius 1 is 0.812 bits per heavy atom. The Balaban J connectivity index is 0.922. The monoisotopic (exact) mass is 913 g/mol. The number of fused-ring (bicyclic) bond motifs is 1. The van der Waals surface area contributed by atoms with E-state index in [9.17, 15) is 18.5 Å². The molecule has 0 amide bonds. The highest BCUT2D eigenvalue weighted by Crippen LogP contribution is 2.33. The number of piperazine rings is 1. The van der Waals surface area contributed by atoms with Gasteiger partial charge in [0, 0.05) is 96.4 Å². The summed E-state index contributed by atoms with van der Waals surface area (Å²) in [4.78, 5) is 30.6. The van der Waals surface area contributed by atoms with Crippen LogP contribution < -0.4 is 20.3 Å². The molecule has 0 radical (unpaired) electrons. The van der Waals surface area contributed by atoms with Crippen molar-refractivity contribution in [2.24, 2.45) is 0 Å². The molecule has 3 heterocycles. The largest absolute Gasteiger partial charge is 0.376 e. The van der Waals surface area contributed by atoms with Gasteiger partial charge in [0.15, 0.2) is 5.82 Å². The minimum atomic E-state index is -4.30. The highest BCUT2D eigenvalue weighted by Gasteiger charge is 2.25. The highest BCUT2D eigenvalue weighted by atomic mass is 35.5. The first kappa shape index (κ1) is 44.5. The van der Waals surface area contributed by atoms with Gasteiger partial charge in [-0.1, -0.05) is 72.3 Å². The summed E-state index contributed by atoms with van der Waals surface area (Å²) >= 11 is 8.08. The second kappa shape index (κ2) is 21.1. The van der Waals surface area contributed by atoms with Crippen LogP contribution in [0.3, 0.4) is 0 Å². The number of benzene rings is 5. The third kappa shape index (κ3) is 11.5. The van der Waals surface area contributed by atoms with Gasteiger partial charge >= 0.3 is 0 Å². The molecular formula is C48H48ClN9O4S2. The summed E-state index contributed by atoms with van der Waals surface area (Å²) in [5.41, 5.74) is 5.93. The van der Waals surface area contributed by atoms with Gasteiger partial charge in [0.2, 0.25) is 0 Å².